The van der Waals surface area contributed by atoms with Crippen LogP contribution >= 0.6 is 11.3 Å². The number of aromatic nitrogens is 4. The standard InChI is InChI=1S/C19H24N6S/c20-9-17-13-25(23-22-17)12-15-5-4-8-24(11-15)14-18-10-21-19(26-18)16-6-2-1-3-7-16/h1-3,6-7,10,13,15H,4-5,8-9,11-12,14,20H2. The van der Waals surface area contributed by atoms with E-state index in [0.29, 0.717) is 12.5 Å². The fourth-order valence-corrected chi connectivity index (χ4v) is 4.51. The van der Waals surface area contributed by atoms with E-state index >= 15 is 0 Å². The van der Waals surface area contributed by atoms with Crippen molar-refractivity contribution in [1.82, 2.24) is 24.9 Å². The van der Waals surface area contributed by atoms with Gasteiger partial charge in [-0.3, -0.25) is 9.58 Å². The van der Waals surface area contributed by atoms with Gasteiger partial charge in [-0.1, -0.05) is 35.5 Å². The molecule has 0 saturated carbocycles. The summed E-state index contributed by atoms with van der Waals surface area (Å²) in [4.78, 5) is 8.48. The molecule has 6 nitrogen and oxygen atoms in total. The Labute approximate surface area is 157 Å². The molecule has 0 aliphatic carbocycles. The molecule has 1 unspecified atom stereocenters. The number of rotatable bonds is 6. The molecular formula is C19H24N6S. The zero-order chi connectivity index (χ0) is 17.8. The van der Waals surface area contributed by atoms with Gasteiger partial charge < -0.3 is 5.73 Å². The summed E-state index contributed by atoms with van der Waals surface area (Å²) in [7, 11) is 0. The SMILES string of the molecule is NCc1cn(CC2CCCN(Cc3cnc(-c4ccccc4)s3)C2)nn1. The van der Waals surface area contributed by atoms with Crippen molar-refractivity contribution in [2.75, 3.05) is 13.1 Å². The molecule has 3 aromatic rings. The van der Waals surface area contributed by atoms with Gasteiger partial charge in [-0.05, 0) is 25.3 Å². The Bertz CT molecular complexity index is 827. The van der Waals surface area contributed by atoms with E-state index in [9.17, 15) is 0 Å². The van der Waals surface area contributed by atoms with E-state index in [2.05, 4.69) is 44.5 Å². The smallest absolute Gasteiger partial charge is 0.123 e. The number of thiazole rings is 1. The fourth-order valence-electron chi connectivity index (χ4n) is 3.54. The van der Waals surface area contributed by atoms with Gasteiger partial charge in [0.25, 0.3) is 0 Å². The van der Waals surface area contributed by atoms with Gasteiger partial charge in [0.05, 0.1) is 5.69 Å². The van der Waals surface area contributed by atoms with Crippen LogP contribution in [0.1, 0.15) is 23.4 Å². The highest BCUT2D eigenvalue weighted by molar-refractivity contribution is 7.15. The molecule has 1 saturated heterocycles. The quantitative estimate of drug-likeness (QED) is 0.724. The maximum atomic E-state index is 5.62. The maximum absolute atomic E-state index is 5.62. The molecule has 4 rings (SSSR count). The third-order valence-electron chi connectivity index (χ3n) is 4.80. The van der Waals surface area contributed by atoms with Crippen LogP contribution in [0.2, 0.25) is 0 Å². The van der Waals surface area contributed by atoms with Gasteiger partial charge in [-0.2, -0.15) is 0 Å². The summed E-state index contributed by atoms with van der Waals surface area (Å²) >= 11 is 1.80. The lowest BCUT2D eigenvalue weighted by atomic mass is 9.98. The van der Waals surface area contributed by atoms with Crippen LogP contribution in [0.25, 0.3) is 10.6 Å². The molecule has 26 heavy (non-hydrogen) atoms. The molecule has 1 fully saturated rings. The molecule has 2 aromatic heterocycles. The number of piperidine rings is 1. The second kappa shape index (κ2) is 8.07. The first kappa shape index (κ1) is 17.3. The minimum Gasteiger partial charge on any atom is -0.325 e. The number of hydrogen-bond acceptors (Lipinski definition) is 6. The molecule has 1 aliphatic heterocycles. The third kappa shape index (κ3) is 4.17. The van der Waals surface area contributed by atoms with Crippen LogP contribution < -0.4 is 5.73 Å². The number of hydrogen-bond donors (Lipinski definition) is 1. The highest BCUT2D eigenvalue weighted by atomic mass is 32.1. The Kier molecular flexibility index (Phi) is 5.38. The average Bonchev–Trinajstić information content (AvgIpc) is 3.32. The van der Waals surface area contributed by atoms with Crippen molar-refractivity contribution in [3.05, 3.63) is 53.3 Å². The molecular weight excluding hydrogens is 344 g/mol. The second-order valence-electron chi connectivity index (χ2n) is 6.88. The van der Waals surface area contributed by atoms with E-state index in [4.69, 9.17) is 5.73 Å². The van der Waals surface area contributed by atoms with Crippen LogP contribution in [0.4, 0.5) is 0 Å². The molecule has 1 atom stereocenters. The predicted octanol–water partition coefficient (Wildman–Crippen LogP) is 2.77. The molecule has 1 aliphatic rings. The van der Waals surface area contributed by atoms with Crippen molar-refractivity contribution in [2.24, 2.45) is 11.7 Å². The van der Waals surface area contributed by atoms with E-state index in [1.165, 1.54) is 23.3 Å². The average molecular weight is 369 g/mol. The van der Waals surface area contributed by atoms with Crippen LogP contribution in [0.3, 0.4) is 0 Å². The Balaban J connectivity index is 1.35. The fraction of sp³-hybridized carbons (Fsp3) is 0.421. The van der Waals surface area contributed by atoms with Crippen LogP contribution in [0.5, 0.6) is 0 Å². The monoisotopic (exact) mass is 368 g/mol. The molecule has 136 valence electrons. The molecule has 3 heterocycles. The molecule has 0 spiro atoms. The summed E-state index contributed by atoms with van der Waals surface area (Å²) < 4.78 is 1.94. The van der Waals surface area contributed by atoms with E-state index < -0.39 is 0 Å². The zero-order valence-electron chi connectivity index (χ0n) is 14.8. The van der Waals surface area contributed by atoms with E-state index in [0.717, 1.165) is 36.9 Å². The summed E-state index contributed by atoms with van der Waals surface area (Å²) in [6.45, 7) is 4.59. The summed E-state index contributed by atoms with van der Waals surface area (Å²) in [5, 5.41) is 9.38. The first-order valence-electron chi connectivity index (χ1n) is 9.11. The van der Waals surface area contributed by atoms with Gasteiger partial charge in [0.1, 0.15) is 5.01 Å². The number of nitrogens with zero attached hydrogens (tertiary/aromatic N) is 5. The minimum absolute atomic E-state index is 0.450. The van der Waals surface area contributed by atoms with Gasteiger partial charge in [-0.25, -0.2) is 4.98 Å². The summed E-state index contributed by atoms with van der Waals surface area (Å²) in [6.07, 6.45) is 6.47. The van der Waals surface area contributed by atoms with Gasteiger partial charge >= 0.3 is 0 Å². The van der Waals surface area contributed by atoms with Crippen LogP contribution in [-0.4, -0.2) is 38.0 Å². The van der Waals surface area contributed by atoms with E-state index in [1.54, 1.807) is 11.3 Å². The van der Waals surface area contributed by atoms with Gasteiger partial charge in [-0.15, -0.1) is 16.4 Å². The summed E-state index contributed by atoms with van der Waals surface area (Å²) in [5.41, 5.74) is 7.67. The van der Waals surface area contributed by atoms with Crippen LogP contribution in [-0.2, 0) is 19.6 Å². The lowest BCUT2D eigenvalue weighted by molar-refractivity contribution is 0.154. The first-order valence-corrected chi connectivity index (χ1v) is 9.93. The molecule has 7 heteroatoms. The van der Waals surface area contributed by atoms with Crippen molar-refractivity contribution in [3.8, 4) is 10.6 Å². The topological polar surface area (TPSA) is 72.9 Å². The van der Waals surface area contributed by atoms with E-state index in [1.807, 2.05) is 23.1 Å². The van der Waals surface area contributed by atoms with Crippen LogP contribution in [0, 0.1) is 5.92 Å². The Morgan fingerprint density at radius 3 is 2.92 bits per heavy atom. The third-order valence-corrected chi connectivity index (χ3v) is 5.83. The largest absolute Gasteiger partial charge is 0.325 e. The molecule has 1 aromatic carbocycles. The number of nitrogens with two attached hydrogens (primary N) is 1. The first-order chi connectivity index (χ1) is 12.8. The highest BCUT2D eigenvalue weighted by Gasteiger charge is 2.21. The lowest BCUT2D eigenvalue weighted by Gasteiger charge is -2.32. The minimum atomic E-state index is 0.450. The number of benzene rings is 1. The molecule has 0 radical (unpaired) electrons. The normalized spacial score (nSPS) is 18.3. The summed E-state index contributed by atoms with van der Waals surface area (Å²) in [6, 6.07) is 10.4. The van der Waals surface area contributed by atoms with Gasteiger partial charge in [0.2, 0.25) is 0 Å². The second-order valence-corrected chi connectivity index (χ2v) is 7.99. The van der Waals surface area contributed by atoms with Crippen LogP contribution in [0.15, 0.2) is 42.7 Å². The predicted molar refractivity (Wildman–Crippen MR) is 103 cm³/mol. The van der Waals surface area contributed by atoms with Crippen molar-refractivity contribution >= 4 is 11.3 Å². The van der Waals surface area contributed by atoms with Crippen molar-refractivity contribution in [3.63, 3.8) is 0 Å². The van der Waals surface area contributed by atoms with Gasteiger partial charge in [0, 0.05) is 49.0 Å². The lowest BCUT2D eigenvalue weighted by Crippen LogP contribution is -2.36. The maximum Gasteiger partial charge on any atom is 0.123 e. The van der Waals surface area contributed by atoms with Crippen molar-refractivity contribution in [2.45, 2.75) is 32.5 Å². The zero-order valence-corrected chi connectivity index (χ0v) is 15.6. The Hall–Kier alpha value is -2.09. The van der Waals surface area contributed by atoms with Crippen molar-refractivity contribution < 1.29 is 0 Å². The van der Waals surface area contributed by atoms with E-state index in [-0.39, 0.29) is 0 Å². The highest BCUT2D eigenvalue weighted by Crippen LogP contribution is 2.27. The van der Waals surface area contributed by atoms with Gasteiger partial charge in [0.15, 0.2) is 0 Å². The number of likely N-dealkylation sites (tertiary alicyclic amines) is 1. The van der Waals surface area contributed by atoms with Crippen molar-refractivity contribution in [1.29, 1.82) is 0 Å². The Morgan fingerprint density at radius 2 is 2.12 bits per heavy atom. The molecule has 2 N–H and O–H groups in total. The molecule has 0 amide bonds. The summed E-state index contributed by atoms with van der Waals surface area (Å²) in [5.74, 6) is 0.609. The molecule has 0 bridgehead atoms. The Morgan fingerprint density at radius 1 is 1.23 bits per heavy atom.